The van der Waals surface area contributed by atoms with Gasteiger partial charge in [-0.25, -0.2) is 4.79 Å². The Balaban J connectivity index is 1.33. The minimum atomic E-state index is -1.12. The van der Waals surface area contributed by atoms with Crippen LogP contribution in [0, 0.1) is 0 Å². The van der Waals surface area contributed by atoms with Crippen LogP contribution in [0.4, 0.5) is 11.4 Å². The zero-order chi connectivity index (χ0) is 27.6. The minimum absolute atomic E-state index is 0.0343. The fourth-order valence-electron chi connectivity index (χ4n) is 4.85. The highest BCUT2D eigenvalue weighted by molar-refractivity contribution is 8.76. The number of amides is 1. The molecule has 1 atom stereocenters. The minimum Gasteiger partial charge on any atom is -0.456 e. The van der Waals surface area contributed by atoms with Crippen LogP contribution in [0.15, 0.2) is 60.7 Å². The number of nitrogens with zero attached hydrogens (tertiary/aromatic N) is 1. The van der Waals surface area contributed by atoms with Crippen LogP contribution in [0.5, 0.6) is 11.5 Å². The van der Waals surface area contributed by atoms with Crippen LogP contribution in [0.1, 0.15) is 39.9 Å². The van der Waals surface area contributed by atoms with Crippen LogP contribution >= 0.6 is 21.6 Å². The van der Waals surface area contributed by atoms with Crippen LogP contribution in [0.2, 0.25) is 0 Å². The summed E-state index contributed by atoms with van der Waals surface area (Å²) in [5.41, 5.74) is 3.22. The molecule has 3 aromatic rings. The van der Waals surface area contributed by atoms with Crippen molar-refractivity contribution in [3.63, 3.8) is 0 Å². The van der Waals surface area contributed by atoms with Crippen molar-refractivity contribution >= 4 is 44.8 Å². The molecule has 204 valence electrons. The highest BCUT2D eigenvalue weighted by atomic mass is 33.1. The lowest BCUT2D eigenvalue weighted by atomic mass is 9.77. The molecule has 0 saturated carbocycles. The molecule has 7 nitrogen and oxygen atoms in total. The van der Waals surface area contributed by atoms with Gasteiger partial charge in [-0.2, -0.15) is 0 Å². The molecular formula is C30H34N3O4S2+. The monoisotopic (exact) mass is 564 g/mol. The molecular weight excluding hydrogens is 530 g/mol. The van der Waals surface area contributed by atoms with Crippen molar-refractivity contribution in [3.8, 4) is 11.5 Å². The van der Waals surface area contributed by atoms with Gasteiger partial charge >= 0.3 is 5.97 Å². The molecule has 0 bridgehead atoms. The Labute approximate surface area is 237 Å². The van der Waals surface area contributed by atoms with Crippen LogP contribution in [0.3, 0.4) is 0 Å². The van der Waals surface area contributed by atoms with E-state index in [1.807, 2.05) is 83.2 Å². The number of carbonyl (C=O) groups excluding carboxylic acids is 2. The van der Waals surface area contributed by atoms with E-state index in [0.717, 1.165) is 51.3 Å². The number of hydrogen-bond donors (Lipinski definition) is 2. The van der Waals surface area contributed by atoms with Crippen molar-refractivity contribution in [2.45, 2.75) is 18.4 Å². The van der Waals surface area contributed by atoms with E-state index in [2.05, 4.69) is 31.8 Å². The van der Waals surface area contributed by atoms with Crippen LogP contribution < -0.4 is 15.4 Å². The molecule has 0 aliphatic carbocycles. The lowest BCUT2D eigenvalue weighted by molar-refractivity contribution is -0.867. The second-order valence-corrected chi connectivity index (χ2v) is 13.4. The number of rotatable bonds is 10. The van der Waals surface area contributed by atoms with Gasteiger partial charge in [0, 0.05) is 59.4 Å². The van der Waals surface area contributed by atoms with E-state index in [0.29, 0.717) is 29.2 Å². The summed E-state index contributed by atoms with van der Waals surface area (Å²) in [7, 11) is 12.1. The van der Waals surface area contributed by atoms with Gasteiger partial charge in [0.1, 0.15) is 11.5 Å². The lowest BCUT2D eigenvalue weighted by Crippen LogP contribution is -2.36. The maximum absolute atomic E-state index is 13.0. The smallest absolute Gasteiger partial charge is 0.340 e. The average Bonchev–Trinajstić information content (AvgIpc) is 3.20. The molecule has 5 rings (SSSR count). The number of nitrogens with one attached hydrogen (secondary N) is 2. The Hall–Kier alpha value is -3.14. The second-order valence-electron chi connectivity index (χ2n) is 10.7. The summed E-state index contributed by atoms with van der Waals surface area (Å²) in [5.74, 6) is 2.76. The van der Waals surface area contributed by atoms with Crippen molar-refractivity contribution in [2.75, 3.05) is 56.9 Å². The normalized spacial score (nSPS) is 17.1. The average molecular weight is 565 g/mol. The molecule has 3 aromatic carbocycles. The van der Waals surface area contributed by atoms with E-state index in [1.54, 1.807) is 6.07 Å². The number of fused-ring (bicyclic) bond motifs is 6. The standard InChI is InChI=1S/C30H33N3O4S2/c1-31-20-11-13-24-26(18-20)36-27-19-21(32-28(34)10-7-16-38-39-17-15-33(2,3)4)12-14-25(27)30(24)23-9-6-5-8-22(23)29(35)37-30/h5-6,8-9,11-14,18-19,31H,7,10,15-17H2,1-4H3/p+1. The lowest BCUT2D eigenvalue weighted by Gasteiger charge is -2.36. The van der Waals surface area contributed by atoms with Crippen molar-refractivity contribution in [1.82, 2.24) is 0 Å². The number of esters is 1. The van der Waals surface area contributed by atoms with E-state index in [9.17, 15) is 9.59 Å². The molecule has 1 amide bonds. The summed E-state index contributed by atoms with van der Waals surface area (Å²) in [5, 5.41) is 6.15. The number of ether oxygens (including phenoxy) is 2. The molecule has 0 radical (unpaired) electrons. The van der Waals surface area contributed by atoms with Gasteiger partial charge in [-0.05, 0) is 36.8 Å². The molecule has 1 unspecified atom stereocenters. The van der Waals surface area contributed by atoms with Crippen LogP contribution in [-0.2, 0) is 15.1 Å². The third kappa shape index (κ3) is 5.62. The topological polar surface area (TPSA) is 76.7 Å². The summed E-state index contributed by atoms with van der Waals surface area (Å²) in [6.07, 6.45) is 1.26. The predicted molar refractivity (Wildman–Crippen MR) is 160 cm³/mol. The molecule has 2 aliphatic heterocycles. The van der Waals surface area contributed by atoms with Gasteiger partial charge in [-0.15, -0.1) is 0 Å². The van der Waals surface area contributed by atoms with Crippen molar-refractivity contribution in [1.29, 1.82) is 0 Å². The van der Waals surface area contributed by atoms with Gasteiger partial charge in [-0.3, -0.25) is 4.79 Å². The van der Waals surface area contributed by atoms with E-state index < -0.39 is 5.60 Å². The summed E-state index contributed by atoms with van der Waals surface area (Å²) < 4.78 is 13.5. The Morgan fingerprint density at radius 3 is 2.28 bits per heavy atom. The summed E-state index contributed by atoms with van der Waals surface area (Å²) in [6, 6.07) is 18.8. The van der Waals surface area contributed by atoms with Crippen LogP contribution in [-0.4, -0.2) is 62.6 Å². The van der Waals surface area contributed by atoms with E-state index >= 15 is 0 Å². The third-order valence-electron chi connectivity index (χ3n) is 6.85. The first-order valence-corrected chi connectivity index (χ1v) is 15.5. The maximum Gasteiger partial charge on any atom is 0.340 e. The molecule has 0 saturated heterocycles. The second kappa shape index (κ2) is 11.2. The van der Waals surface area contributed by atoms with Crippen molar-refractivity contribution in [2.24, 2.45) is 0 Å². The Bertz CT molecular complexity index is 1410. The number of anilines is 2. The molecule has 0 aromatic heterocycles. The van der Waals surface area contributed by atoms with E-state index in [-0.39, 0.29) is 11.9 Å². The number of hydrogen-bond acceptors (Lipinski definition) is 7. The first kappa shape index (κ1) is 27.4. The fourth-order valence-corrected chi connectivity index (χ4v) is 7.26. The maximum atomic E-state index is 13.0. The number of benzene rings is 3. The summed E-state index contributed by atoms with van der Waals surface area (Å²) >= 11 is 0. The molecule has 2 N–H and O–H groups in total. The zero-order valence-corrected chi connectivity index (χ0v) is 24.3. The molecule has 2 aliphatic rings. The fraction of sp³-hybridized carbons (Fsp3) is 0.333. The SMILES string of the molecule is CNc1ccc2c(c1)Oc1cc(NC(=O)CCCSSCC[N+](C)(C)C)ccc1C21OC(=O)c2ccccc21. The van der Waals surface area contributed by atoms with Gasteiger partial charge in [0.2, 0.25) is 5.91 Å². The van der Waals surface area contributed by atoms with Crippen molar-refractivity contribution in [3.05, 3.63) is 82.9 Å². The molecule has 39 heavy (non-hydrogen) atoms. The van der Waals surface area contributed by atoms with Crippen LogP contribution in [0.25, 0.3) is 0 Å². The molecule has 1 spiro atoms. The highest BCUT2D eigenvalue weighted by Gasteiger charge is 2.53. The largest absolute Gasteiger partial charge is 0.456 e. The molecule has 0 fully saturated rings. The van der Waals surface area contributed by atoms with Gasteiger partial charge in [0.25, 0.3) is 0 Å². The van der Waals surface area contributed by atoms with Gasteiger partial charge in [0.15, 0.2) is 5.60 Å². The van der Waals surface area contributed by atoms with E-state index in [4.69, 9.17) is 9.47 Å². The van der Waals surface area contributed by atoms with Crippen molar-refractivity contribution < 1.29 is 23.5 Å². The molecule has 2 heterocycles. The van der Waals surface area contributed by atoms with E-state index in [1.165, 1.54) is 0 Å². The quantitative estimate of drug-likeness (QED) is 0.133. The predicted octanol–water partition coefficient (Wildman–Crippen LogP) is 6.10. The summed E-state index contributed by atoms with van der Waals surface area (Å²) in [6.45, 7) is 1.12. The first-order chi connectivity index (χ1) is 18.7. The highest BCUT2D eigenvalue weighted by Crippen LogP contribution is 2.56. The third-order valence-corrected chi connectivity index (χ3v) is 9.32. The van der Waals surface area contributed by atoms with Gasteiger partial charge < -0.3 is 24.6 Å². The Morgan fingerprint density at radius 2 is 1.56 bits per heavy atom. The number of quaternary nitrogens is 1. The Kier molecular flexibility index (Phi) is 7.84. The van der Waals surface area contributed by atoms with Gasteiger partial charge in [-0.1, -0.05) is 39.8 Å². The Morgan fingerprint density at radius 1 is 0.897 bits per heavy atom. The first-order valence-electron chi connectivity index (χ1n) is 13.0. The number of carbonyl (C=O) groups is 2. The summed E-state index contributed by atoms with van der Waals surface area (Å²) in [4.78, 5) is 25.7. The molecule has 9 heteroatoms. The zero-order valence-electron chi connectivity index (χ0n) is 22.7. The van der Waals surface area contributed by atoms with Gasteiger partial charge in [0.05, 0.1) is 39.0 Å².